The van der Waals surface area contributed by atoms with Gasteiger partial charge in [-0.3, -0.25) is 0 Å². The quantitative estimate of drug-likeness (QED) is 0.651. The first-order valence-corrected chi connectivity index (χ1v) is 8.28. The summed E-state index contributed by atoms with van der Waals surface area (Å²) in [5.41, 5.74) is 2.17. The standard InChI is InChI=1S/C15H16Cl3NS/c1-8-6-11(10(3)20-8)9(2)19-7-12-13(16)4-5-14(17)15(12)18/h4-6,9,19H,7H2,1-3H3. The van der Waals surface area contributed by atoms with E-state index in [1.165, 1.54) is 15.3 Å². The molecule has 0 aliphatic carbocycles. The lowest BCUT2D eigenvalue weighted by Gasteiger charge is -2.16. The Morgan fingerprint density at radius 1 is 1.15 bits per heavy atom. The number of aryl methyl sites for hydroxylation is 2. The Balaban J connectivity index is 2.13. The van der Waals surface area contributed by atoms with E-state index in [2.05, 4.69) is 32.2 Å². The molecule has 1 heterocycles. The molecule has 1 aromatic carbocycles. The van der Waals surface area contributed by atoms with Crippen LogP contribution >= 0.6 is 46.1 Å². The molecule has 20 heavy (non-hydrogen) atoms. The van der Waals surface area contributed by atoms with Crippen LogP contribution in [0.15, 0.2) is 18.2 Å². The first-order valence-electron chi connectivity index (χ1n) is 6.33. The zero-order chi connectivity index (χ0) is 14.9. The molecular formula is C15H16Cl3NS. The number of hydrogen-bond acceptors (Lipinski definition) is 2. The van der Waals surface area contributed by atoms with Gasteiger partial charge in [-0.2, -0.15) is 0 Å². The molecule has 0 spiro atoms. The topological polar surface area (TPSA) is 12.0 Å². The van der Waals surface area contributed by atoms with E-state index in [1.54, 1.807) is 12.1 Å². The van der Waals surface area contributed by atoms with Gasteiger partial charge < -0.3 is 5.32 Å². The van der Waals surface area contributed by atoms with Gasteiger partial charge in [0.2, 0.25) is 0 Å². The SMILES string of the molecule is Cc1cc(C(C)NCc2c(Cl)ccc(Cl)c2Cl)c(C)s1. The van der Waals surface area contributed by atoms with E-state index in [4.69, 9.17) is 34.8 Å². The molecular weight excluding hydrogens is 333 g/mol. The van der Waals surface area contributed by atoms with E-state index in [0.717, 1.165) is 5.56 Å². The van der Waals surface area contributed by atoms with E-state index in [0.29, 0.717) is 21.6 Å². The Morgan fingerprint density at radius 3 is 2.40 bits per heavy atom. The third-order valence-corrected chi connectivity index (χ3v) is 5.45. The summed E-state index contributed by atoms with van der Waals surface area (Å²) < 4.78 is 0. The number of thiophene rings is 1. The van der Waals surface area contributed by atoms with E-state index in [9.17, 15) is 0 Å². The molecule has 1 aromatic heterocycles. The Hall–Kier alpha value is -0.250. The van der Waals surface area contributed by atoms with Crippen molar-refractivity contribution in [1.29, 1.82) is 0 Å². The molecule has 1 unspecified atom stereocenters. The molecule has 0 radical (unpaired) electrons. The molecule has 1 N–H and O–H groups in total. The molecule has 0 amide bonds. The second-order valence-electron chi connectivity index (χ2n) is 4.79. The number of halogens is 3. The molecule has 5 heteroatoms. The first kappa shape index (κ1) is 16.1. The van der Waals surface area contributed by atoms with Crippen molar-refractivity contribution in [3.63, 3.8) is 0 Å². The summed E-state index contributed by atoms with van der Waals surface area (Å²) in [6, 6.07) is 5.95. The van der Waals surface area contributed by atoms with Gasteiger partial charge in [-0.1, -0.05) is 34.8 Å². The van der Waals surface area contributed by atoms with Gasteiger partial charge in [0.1, 0.15) is 0 Å². The normalized spacial score (nSPS) is 12.7. The lowest BCUT2D eigenvalue weighted by molar-refractivity contribution is 0.574. The fourth-order valence-corrected chi connectivity index (χ4v) is 3.88. The summed E-state index contributed by atoms with van der Waals surface area (Å²) in [6.45, 7) is 7.00. The van der Waals surface area contributed by atoms with Crippen molar-refractivity contribution in [1.82, 2.24) is 5.32 Å². The van der Waals surface area contributed by atoms with Crippen LogP contribution in [-0.4, -0.2) is 0 Å². The second-order valence-corrected chi connectivity index (χ2v) is 7.45. The molecule has 0 aliphatic heterocycles. The highest BCUT2D eigenvalue weighted by atomic mass is 35.5. The predicted octanol–water partition coefficient (Wildman–Crippen LogP) is 6.18. The minimum absolute atomic E-state index is 0.242. The minimum atomic E-state index is 0.242. The van der Waals surface area contributed by atoms with Gasteiger partial charge in [0.25, 0.3) is 0 Å². The smallest absolute Gasteiger partial charge is 0.0652 e. The molecule has 0 fully saturated rings. The van der Waals surface area contributed by atoms with Gasteiger partial charge in [-0.05, 0) is 44.5 Å². The maximum Gasteiger partial charge on any atom is 0.0652 e. The molecule has 2 rings (SSSR count). The lowest BCUT2D eigenvalue weighted by Crippen LogP contribution is -2.18. The first-order chi connectivity index (χ1) is 9.40. The zero-order valence-corrected chi connectivity index (χ0v) is 14.6. The summed E-state index contributed by atoms with van der Waals surface area (Å²) >= 11 is 20.2. The maximum atomic E-state index is 6.21. The van der Waals surface area contributed by atoms with Crippen molar-refractivity contribution in [2.24, 2.45) is 0 Å². The fraction of sp³-hybridized carbons (Fsp3) is 0.333. The molecule has 0 saturated carbocycles. The van der Waals surface area contributed by atoms with E-state index in [-0.39, 0.29) is 6.04 Å². The lowest BCUT2D eigenvalue weighted by atomic mass is 10.1. The van der Waals surface area contributed by atoms with Gasteiger partial charge in [-0.25, -0.2) is 0 Å². The second kappa shape index (κ2) is 6.67. The van der Waals surface area contributed by atoms with E-state index in [1.807, 2.05) is 11.3 Å². The Morgan fingerprint density at radius 2 is 1.80 bits per heavy atom. The molecule has 2 aromatic rings. The van der Waals surface area contributed by atoms with Crippen LogP contribution in [0.25, 0.3) is 0 Å². The van der Waals surface area contributed by atoms with Crippen LogP contribution in [0.1, 0.15) is 33.8 Å². The van der Waals surface area contributed by atoms with Gasteiger partial charge in [-0.15, -0.1) is 11.3 Å². The van der Waals surface area contributed by atoms with Crippen molar-refractivity contribution in [2.45, 2.75) is 33.4 Å². The molecule has 0 saturated heterocycles. The molecule has 0 aliphatic rings. The zero-order valence-electron chi connectivity index (χ0n) is 11.6. The molecule has 108 valence electrons. The highest BCUT2D eigenvalue weighted by Gasteiger charge is 2.14. The number of nitrogens with one attached hydrogen (secondary N) is 1. The summed E-state index contributed by atoms with van der Waals surface area (Å²) in [5, 5.41) is 5.15. The monoisotopic (exact) mass is 347 g/mol. The van der Waals surface area contributed by atoms with Crippen molar-refractivity contribution >= 4 is 46.1 Å². The van der Waals surface area contributed by atoms with Gasteiger partial charge in [0.05, 0.1) is 10.0 Å². The van der Waals surface area contributed by atoms with Crippen molar-refractivity contribution in [3.05, 3.63) is 54.1 Å². The third kappa shape index (κ3) is 3.49. The van der Waals surface area contributed by atoms with Crippen molar-refractivity contribution < 1.29 is 0 Å². The largest absolute Gasteiger partial charge is 0.306 e. The third-order valence-electron chi connectivity index (χ3n) is 3.27. The highest BCUT2D eigenvalue weighted by Crippen LogP contribution is 2.32. The average Bonchev–Trinajstić information content (AvgIpc) is 2.73. The van der Waals surface area contributed by atoms with Crippen LogP contribution in [0.4, 0.5) is 0 Å². The summed E-state index contributed by atoms with van der Waals surface area (Å²) in [5.74, 6) is 0. The Labute approximate surface area is 138 Å². The van der Waals surface area contributed by atoms with E-state index >= 15 is 0 Å². The Bertz CT molecular complexity index is 622. The van der Waals surface area contributed by atoms with Crippen LogP contribution in [0, 0.1) is 13.8 Å². The van der Waals surface area contributed by atoms with Gasteiger partial charge >= 0.3 is 0 Å². The summed E-state index contributed by atoms with van der Waals surface area (Å²) in [4.78, 5) is 2.66. The van der Waals surface area contributed by atoms with Crippen LogP contribution < -0.4 is 5.32 Å². The highest BCUT2D eigenvalue weighted by molar-refractivity contribution is 7.12. The summed E-state index contributed by atoms with van der Waals surface area (Å²) in [7, 11) is 0. The van der Waals surface area contributed by atoms with Crippen LogP contribution in [0.5, 0.6) is 0 Å². The molecule has 1 nitrogen and oxygen atoms in total. The molecule has 0 bridgehead atoms. The number of hydrogen-bond donors (Lipinski definition) is 1. The minimum Gasteiger partial charge on any atom is -0.306 e. The summed E-state index contributed by atoms with van der Waals surface area (Å²) in [6.07, 6.45) is 0. The van der Waals surface area contributed by atoms with Gasteiger partial charge in [0, 0.05) is 32.9 Å². The number of rotatable bonds is 4. The predicted molar refractivity (Wildman–Crippen MR) is 90.5 cm³/mol. The fourth-order valence-electron chi connectivity index (χ4n) is 2.18. The van der Waals surface area contributed by atoms with Crippen LogP contribution in [0.2, 0.25) is 15.1 Å². The number of benzene rings is 1. The van der Waals surface area contributed by atoms with Crippen LogP contribution in [-0.2, 0) is 6.54 Å². The van der Waals surface area contributed by atoms with E-state index < -0.39 is 0 Å². The average molecular weight is 349 g/mol. The van der Waals surface area contributed by atoms with Crippen molar-refractivity contribution in [2.75, 3.05) is 0 Å². The molecule has 1 atom stereocenters. The Kier molecular flexibility index (Phi) is 5.38. The maximum absolute atomic E-state index is 6.21. The van der Waals surface area contributed by atoms with Gasteiger partial charge in [0.15, 0.2) is 0 Å². The van der Waals surface area contributed by atoms with Crippen LogP contribution in [0.3, 0.4) is 0 Å². The van der Waals surface area contributed by atoms with Crippen molar-refractivity contribution in [3.8, 4) is 0 Å².